The van der Waals surface area contributed by atoms with Gasteiger partial charge in [0.05, 0.1) is 6.54 Å². The Balaban J connectivity index is 1.91. The molecule has 0 saturated carbocycles. The van der Waals surface area contributed by atoms with Gasteiger partial charge in [0.25, 0.3) is 0 Å². The highest BCUT2D eigenvalue weighted by atomic mass is 16.3. The van der Waals surface area contributed by atoms with Gasteiger partial charge in [-0.2, -0.15) is 0 Å². The summed E-state index contributed by atoms with van der Waals surface area (Å²) in [6.45, 7) is 4.78. The van der Waals surface area contributed by atoms with E-state index in [2.05, 4.69) is 24.3 Å². The Hall–Kier alpha value is -0.860. The van der Waals surface area contributed by atoms with Crippen molar-refractivity contribution in [1.29, 1.82) is 0 Å². The third kappa shape index (κ3) is 2.34. The lowest BCUT2D eigenvalue weighted by Gasteiger charge is -2.19. The van der Waals surface area contributed by atoms with Crippen LogP contribution in [-0.2, 0) is 6.54 Å². The molecule has 1 fully saturated rings. The maximum Gasteiger partial charge on any atom is 0.129 e. The number of hydrogen-bond donors (Lipinski definition) is 0. The zero-order valence-corrected chi connectivity index (χ0v) is 8.48. The first kappa shape index (κ1) is 9.69. The average molecular weight is 191 g/mol. The maximum absolute atomic E-state index is 10.4. The number of quaternary nitrogens is 1. The van der Waals surface area contributed by atoms with Crippen molar-refractivity contribution < 1.29 is 9.59 Å². The van der Waals surface area contributed by atoms with Gasteiger partial charge in [0.2, 0.25) is 0 Å². The third-order valence-corrected chi connectivity index (χ3v) is 2.99. The van der Waals surface area contributed by atoms with E-state index < -0.39 is 0 Å². The molecule has 1 aliphatic rings. The smallest absolute Gasteiger partial charge is 0.129 e. The number of benzene rings is 1. The van der Waals surface area contributed by atoms with Crippen LogP contribution in [0.15, 0.2) is 30.3 Å². The molecule has 0 bridgehead atoms. The Bertz CT molecular complexity index is 280. The predicted molar refractivity (Wildman–Crippen MR) is 54.5 cm³/mol. The van der Waals surface area contributed by atoms with Gasteiger partial charge in [0.1, 0.15) is 19.6 Å². The summed E-state index contributed by atoms with van der Waals surface area (Å²) in [6.07, 6.45) is 0.826. The largest absolute Gasteiger partial charge is 0.854 e. The van der Waals surface area contributed by atoms with Crippen LogP contribution in [0.1, 0.15) is 12.0 Å². The van der Waals surface area contributed by atoms with Crippen molar-refractivity contribution in [3.63, 3.8) is 0 Å². The van der Waals surface area contributed by atoms with Crippen LogP contribution in [0.5, 0.6) is 0 Å². The summed E-state index contributed by atoms with van der Waals surface area (Å²) < 4.78 is 1.15. The van der Waals surface area contributed by atoms with Crippen molar-refractivity contribution >= 4 is 0 Å². The lowest BCUT2D eigenvalue weighted by atomic mass is 10.2. The van der Waals surface area contributed by atoms with Crippen molar-refractivity contribution in [1.82, 2.24) is 0 Å². The standard InChI is InChI=1S/C12H17NO/c14-10-4-7-13(8-9-13)11-12-5-2-1-3-6-12/h1-3,5-6H,4,7-11H2. The van der Waals surface area contributed by atoms with E-state index in [1.54, 1.807) is 0 Å². The number of rotatable bonds is 5. The van der Waals surface area contributed by atoms with E-state index >= 15 is 0 Å². The molecule has 2 nitrogen and oxygen atoms in total. The fraction of sp³-hybridized carbons (Fsp3) is 0.500. The first-order chi connectivity index (χ1) is 6.85. The summed E-state index contributed by atoms with van der Waals surface area (Å²) in [4.78, 5) is 0. The first-order valence-electron chi connectivity index (χ1n) is 5.32. The van der Waals surface area contributed by atoms with Crippen LogP contribution >= 0.6 is 0 Å². The molecule has 0 amide bonds. The molecule has 2 rings (SSSR count). The van der Waals surface area contributed by atoms with Crippen LogP contribution in [0, 0.1) is 0 Å². The van der Waals surface area contributed by atoms with Crippen molar-refractivity contribution in [2.75, 3.05) is 26.2 Å². The van der Waals surface area contributed by atoms with Gasteiger partial charge in [-0.1, -0.05) is 30.3 Å². The Labute approximate surface area is 85.4 Å². The van der Waals surface area contributed by atoms with Crippen molar-refractivity contribution in [3.05, 3.63) is 35.9 Å². The number of nitrogens with zero attached hydrogens (tertiary/aromatic N) is 1. The van der Waals surface area contributed by atoms with Gasteiger partial charge in [-0.25, -0.2) is 0 Å². The van der Waals surface area contributed by atoms with Crippen molar-refractivity contribution in [2.45, 2.75) is 13.0 Å². The van der Waals surface area contributed by atoms with Crippen LogP contribution in [0.25, 0.3) is 0 Å². The van der Waals surface area contributed by atoms with Crippen molar-refractivity contribution in [2.24, 2.45) is 0 Å². The summed E-state index contributed by atoms with van der Waals surface area (Å²) in [5.74, 6) is 0. The number of hydrogen-bond acceptors (Lipinski definition) is 1. The van der Waals surface area contributed by atoms with E-state index in [0.29, 0.717) is 0 Å². The minimum Gasteiger partial charge on any atom is -0.854 e. The Morgan fingerprint density at radius 2 is 1.86 bits per heavy atom. The topological polar surface area (TPSA) is 23.1 Å². The summed E-state index contributed by atoms with van der Waals surface area (Å²) in [7, 11) is 0. The highest BCUT2D eigenvalue weighted by Gasteiger charge is 2.40. The fourth-order valence-electron chi connectivity index (χ4n) is 1.97. The highest BCUT2D eigenvalue weighted by Crippen LogP contribution is 2.25. The summed E-state index contributed by atoms with van der Waals surface area (Å²) in [6, 6.07) is 10.6. The van der Waals surface area contributed by atoms with E-state index in [0.717, 1.165) is 24.0 Å². The van der Waals surface area contributed by atoms with Gasteiger partial charge in [0, 0.05) is 5.56 Å². The van der Waals surface area contributed by atoms with Gasteiger partial charge in [0.15, 0.2) is 0 Å². The molecule has 0 unspecified atom stereocenters. The Morgan fingerprint density at radius 3 is 2.43 bits per heavy atom. The SMILES string of the molecule is [O-]CCC[N+]1(Cc2ccccc2)CC1. The zero-order valence-electron chi connectivity index (χ0n) is 8.48. The van der Waals surface area contributed by atoms with E-state index in [9.17, 15) is 5.11 Å². The summed E-state index contributed by atoms with van der Waals surface area (Å²) in [5, 5.41) is 10.4. The average Bonchev–Trinajstić information content (AvgIpc) is 2.97. The molecule has 76 valence electrons. The molecule has 2 heteroatoms. The Kier molecular flexibility index (Phi) is 2.85. The monoisotopic (exact) mass is 191 g/mol. The van der Waals surface area contributed by atoms with Crippen LogP contribution in [0.4, 0.5) is 0 Å². The molecule has 0 radical (unpaired) electrons. The molecule has 1 heterocycles. The molecule has 1 aromatic carbocycles. The van der Waals surface area contributed by atoms with Gasteiger partial charge < -0.3 is 9.59 Å². The van der Waals surface area contributed by atoms with E-state index in [-0.39, 0.29) is 6.61 Å². The maximum atomic E-state index is 10.4. The minimum atomic E-state index is 0.0782. The molecule has 0 atom stereocenters. The second-order valence-corrected chi connectivity index (χ2v) is 4.21. The van der Waals surface area contributed by atoms with Crippen molar-refractivity contribution in [3.8, 4) is 0 Å². The van der Waals surface area contributed by atoms with Crippen LogP contribution in [0.2, 0.25) is 0 Å². The van der Waals surface area contributed by atoms with E-state index in [1.807, 2.05) is 6.07 Å². The highest BCUT2D eigenvalue weighted by molar-refractivity contribution is 5.13. The van der Waals surface area contributed by atoms with Gasteiger partial charge in [-0.15, -0.1) is 6.61 Å². The molecule has 0 N–H and O–H groups in total. The summed E-state index contributed by atoms with van der Waals surface area (Å²) >= 11 is 0. The van der Waals surface area contributed by atoms with Gasteiger partial charge in [-0.3, -0.25) is 0 Å². The first-order valence-corrected chi connectivity index (χ1v) is 5.32. The quantitative estimate of drug-likeness (QED) is 0.498. The van der Waals surface area contributed by atoms with Crippen LogP contribution in [-0.4, -0.2) is 30.7 Å². The molecule has 14 heavy (non-hydrogen) atoms. The Morgan fingerprint density at radius 1 is 1.14 bits per heavy atom. The second kappa shape index (κ2) is 4.11. The van der Waals surface area contributed by atoms with Crippen LogP contribution < -0.4 is 5.11 Å². The lowest BCUT2D eigenvalue weighted by molar-refractivity contribution is -0.815. The molecule has 1 saturated heterocycles. The normalized spacial score (nSPS) is 18.1. The predicted octanol–water partition coefficient (Wildman–Crippen LogP) is 0.767. The minimum absolute atomic E-state index is 0.0782. The molecule has 1 aromatic rings. The lowest BCUT2D eigenvalue weighted by Crippen LogP contribution is -2.28. The second-order valence-electron chi connectivity index (χ2n) is 4.21. The summed E-state index contributed by atoms with van der Waals surface area (Å²) in [5.41, 5.74) is 1.40. The van der Waals surface area contributed by atoms with Gasteiger partial charge in [-0.05, 0) is 6.42 Å². The van der Waals surface area contributed by atoms with E-state index in [4.69, 9.17) is 0 Å². The molecular weight excluding hydrogens is 174 g/mol. The fourth-order valence-corrected chi connectivity index (χ4v) is 1.97. The molecular formula is C12H17NO. The third-order valence-electron chi connectivity index (χ3n) is 2.99. The van der Waals surface area contributed by atoms with Gasteiger partial charge >= 0.3 is 0 Å². The molecule has 1 aliphatic heterocycles. The molecule has 0 aliphatic carbocycles. The zero-order chi connectivity index (χ0) is 9.86. The van der Waals surface area contributed by atoms with Crippen LogP contribution in [0.3, 0.4) is 0 Å². The van der Waals surface area contributed by atoms with E-state index in [1.165, 1.54) is 18.7 Å². The molecule has 0 aromatic heterocycles. The molecule has 0 spiro atoms.